The lowest BCUT2D eigenvalue weighted by atomic mass is 10.0. The van der Waals surface area contributed by atoms with Gasteiger partial charge in [0.2, 0.25) is 0 Å². The van der Waals surface area contributed by atoms with E-state index in [9.17, 15) is 5.26 Å². The van der Waals surface area contributed by atoms with Gasteiger partial charge in [0.15, 0.2) is 5.65 Å². The minimum absolute atomic E-state index is 0.679. The summed E-state index contributed by atoms with van der Waals surface area (Å²) < 4.78 is 7.59. The predicted octanol–water partition coefficient (Wildman–Crippen LogP) is 3.36. The van der Waals surface area contributed by atoms with E-state index >= 15 is 0 Å². The highest BCUT2D eigenvalue weighted by Crippen LogP contribution is 2.31. The van der Waals surface area contributed by atoms with Gasteiger partial charge in [0.25, 0.3) is 0 Å². The number of morpholine rings is 1. The average molecular weight is 377 g/mol. The predicted molar refractivity (Wildman–Crippen MR) is 112 cm³/mol. The number of pyridine rings is 1. The van der Waals surface area contributed by atoms with Gasteiger partial charge in [-0.25, -0.2) is 4.98 Å². The number of imidazole rings is 1. The first-order valence-corrected chi connectivity index (χ1v) is 10.1. The molecule has 0 bridgehead atoms. The Kier molecular flexibility index (Phi) is 5.47. The minimum Gasteiger partial charge on any atom is -0.379 e. The Hall–Kier alpha value is -2.62. The van der Waals surface area contributed by atoms with Crippen molar-refractivity contribution in [3.8, 4) is 6.07 Å². The number of anilines is 1. The highest BCUT2D eigenvalue weighted by Gasteiger charge is 2.20. The maximum absolute atomic E-state index is 9.83. The van der Waals surface area contributed by atoms with Crippen molar-refractivity contribution >= 4 is 22.5 Å². The quantitative estimate of drug-likeness (QED) is 0.713. The molecule has 1 aliphatic heterocycles. The molecule has 0 saturated carbocycles. The standard InChI is InChI=1S/C22H27N5O/c1-3-6-17-16(2)18(15-23)22-25-19-7-4-5-8-20(19)27(22)21(17)24-9-10-26-11-13-28-14-12-26/h4-5,7-8,24H,3,6,9-14H2,1-2H3. The number of benzene rings is 1. The summed E-state index contributed by atoms with van der Waals surface area (Å²) in [7, 11) is 0. The summed E-state index contributed by atoms with van der Waals surface area (Å²) in [5.41, 5.74) is 5.65. The van der Waals surface area contributed by atoms with E-state index in [1.54, 1.807) is 0 Å². The molecule has 0 spiro atoms. The number of nitrogens with zero attached hydrogens (tertiary/aromatic N) is 4. The number of hydrogen-bond donors (Lipinski definition) is 1. The molecule has 0 aliphatic carbocycles. The molecule has 0 unspecified atom stereocenters. The first-order valence-electron chi connectivity index (χ1n) is 10.1. The molecule has 6 heteroatoms. The van der Waals surface area contributed by atoms with Crippen LogP contribution in [-0.4, -0.2) is 53.7 Å². The number of fused-ring (bicyclic) bond motifs is 3. The van der Waals surface area contributed by atoms with Crippen LogP contribution in [0.25, 0.3) is 16.7 Å². The molecule has 1 aliphatic rings. The molecule has 2 aromatic heterocycles. The molecule has 28 heavy (non-hydrogen) atoms. The molecule has 1 N–H and O–H groups in total. The number of nitrogens with one attached hydrogen (secondary N) is 1. The summed E-state index contributed by atoms with van der Waals surface area (Å²) in [5, 5.41) is 13.5. The molecule has 3 heterocycles. The van der Waals surface area contributed by atoms with Gasteiger partial charge in [0, 0.05) is 26.2 Å². The second-order valence-corrected chi connectivity index (χ2v) is 7.33. The van der Waals surface area contributed by atoms with Crippen LogP contribution < -0.4 is 5.32 Å². The van der Waals surface area contributed by atoms with Crippen LogP contribution in [0.5, 0.6) is 0 Å². The van der Waals surface area contributed by atoms with Crippen LogP contribution in [0.3, 0.4) is 0 Å². The Morgan fingerprint density at radius 3 is 2.79 bits per heavy atom. The van der Waals surface area contributed by atoms with Gasteiger partial charge < -0.3 is 10.1 Å². The zero-order chi connectivity index (χ0) is 19.5. The van der Waals surface area contributed by atoms with E-state index in [0.29, 0.717) is 5.56 Å². The molecule has 1 aromatic carbocycles. The molecular weight excluding hydrogens is 350 g/mol. The van der Waals surface area contributed by atoms with E-state index in [2.05, 4.69) is 40.6 Å². The fourth-order valence-corrected chi connectivity index (χ4v) is 4.08. The topological polar surface area (TPSA) is 65.6 Å². The number of hydrogen-bond acceptors (Lipinski definition) is 5. The van der Waals surface area contributed by atoms with Crippen LogP contribution in [0.2, 0.25) is 0 Å². The van der Waals surface area contributed by atoms with Gasteiger partial charge in [-0.15, -0.1) is 0 Å². The van der Waals surface area contributed by atoms with E-state index < -0.39 is 0 Å². The van der Waals surface area contributed by atoms with Gasteiger partial charge in [-0.3, -0.25) is 9.30 Å². The van der Waals surface area contributed by atoms with Gasteiger partial charge in [-0.1, -0.05) is 25.5 Å². The molecule has 1 fully saturated rings. The monoisotopic (exact) mass is 377 g/mol. The van der Waals surface area contributed by atoms with Crippen molar-refractivity contribution in [2.45, 2.75) is 26.7 Å². The summed E-state index contributed by atoms with van der Waals surface area (Å²) in [6.07, 6.45) is 1.96. The van der Waals surface area contributed by atoms with Gasteiger partial charge in [0.05, 0.1) is 29.8 Å². The van der Waals surface area contributed by atoms with Crippen molar-refractivity contribution in [2.75, 3.05) is 44.7 Å². The van der Waals surface area contributed by atoms with E-state index in [4.69, 9.17) is 9.72 Å². The zero-order valence-electron chi connectivity index (χ0n) is 16.7. The van der Waals surface area contributed by atoms with E-state index in [1.165, 1.54) is 5.56 Å². The summed E-state index contributed by atoms with van der Waals surface area (Å²) in [6, 6.07) is 10.5. The third-order valence-corrected chi connectivity index (χ3v) is 5.56. The Labute approximate surface area is 165 Å². The smallest absolute Gasteiger partial charge is 0.157 e. The van der Waals surface area contributed by atoms with Crippen LogP contribution in [0.1, 0.15) is 30.0 Å². The molecule has 6 nitrogen and oxygen atoms in total. The van der Waals surface area contributed by atoms with Crippen molar-refractivity contribution < 1.29 is 4.74 Å². The molecule has 3 aromatic rings. The lowest BCUT2D eigenvalue weighted by Gasteiger charge is -2.27. The third kappa shape index (κ3) is 3.32. The fourth-order valence-electron chi connectivity index (χ4n) is 4.08. The third-order valence-electron chi connectivity index (χ3n) is 5.56. The molecular formula is C22H27N5O. The Morgan fingerprint density at radius 1 is 1.25 bits per heavy atom. The summed E-state index contributed by atoms with van der Waals surface area (Å²) in [4.78, 5) is 7.21. The lowest BCUT2D eigenvalue weighted by Crippen LogP contribution is -2.39. The number of aromatic nitrogens is 2. The van der Waals surface area contributed by atoms with Crippen molar-refractivity contribution in [2.24, 2.45) is 0 Å². The fraction of sp³-hybridized carbons (Fsp3) is 0.455. The second-order valence-electron chi connectivity index (χ2n) is 7.33. The summed E-state index contributed by atoms with van der Waals surface area (Å²) in [6.45, 7) is 9.65. The zero-order valence-corrected chi connectivity index (χ0v) is 16.7. The molecule has 0 radical (unpaired) electrons. The highest BCUT2D eigenvalue weighted by molar-refractivity contribution is 5.86. The first-order chi connectivity index (χ1) is 13.7. The number of para-hydroxylation sites is 2. The second kappa shape index (κ2) is 8.17. The Bertz CT molecular complexity index is 1030. The first kappa shape index (κ1) is 18.7. The summed E-state index contributed by atoms with van der Waals surface area (Å²) >= 11 is 0. The lowest BCUT2D eigenvalue weighted by molar-refractivity contribution is 0.0398. The Balaban J connectivity index is 1.79. The van der Waals surface area contributed by atoms with E-state index in [1.807, 2.05) is 18.2 Å². The van der Waals surface area contributed by atoms with Gasteiger partial charge in [0.1, 0.15) is 11.9 Å². The van der Waals surface area contributed by atoms with Crippen molar-refractivity contribution in [1.82, 2.24) is 14.3 Å². The molecule has 0 amide bonds. The SMILES string of the molecule is CCCc1c(C)c(C#N)c2nc3ccccc3n2c1NCCN1CCOCC1. The van der Waals surface area contributed by atoms with E-state index in [0.717, 1.165) is 80.3 Å². The van der Waals surface area contributed by atoms with Crippen LogP contribution in [-0.2, 0) is 11.2 Å². The van der Waals surface area contributed by atoms with Gasteiger partial charge >= 0.3 is 0 Å². The van der Waals surface area contributed by atoms with Crippen molar-refractivity contribution in [1.29, 1.82) is 5.26 Å². The number of ether oxygens (including phenoxy) is 1. The van der Waals surface area contributed by atoms with Crippen LogP contribution in [0.15, 0.2) is 24.3 Å². The maximum atomic E-state index is 9.83. The average Bonchev–Trinajstić information content (AvgIpc) is 3.10. The van der Waals surface area contributed by atoms with Gasteiger partial charge in [-0.05, 0) is 36.6 Å². The minimum atomic E-state index is 0.679. The summed E-state index contributed by atoms with van der Waals surface area (Å²) in [5.74, 6) is 1.08. The van der Waals surface area contributed by atoms with Crippen LogP contribution in [0.4, 0.5) is 5.82 Å². The molecule has 1 saturated heterocycles. The van der Waals surface area contributed by atoms with Crippen LogP contribution in [0, 0.1) is 18.3 Å². The largest absolute Gasteiger partial charge is 0.379 e. The molecule has 0 atom stereocenters. The number of nitriles is 1. The van der Waals surface area contributed by atoms with Gasteiger partial charge in [-0.2, -0.15) is 5.26 Å². The molecule has 4 rings (SSSR count). The molecule has 146 valence electrons. The number of rotatable bonds is 6. The normalized spacial score (nSPS) is 15.2. The van der Waals surface area contributed by atoms with E-state index in [-0.39, 0.29) is 0 Å². The van der Waals surface area contributed by atoms with Crippen LogP contribution >= 0.6 is 0 Å². The highest BCUT2D eigenvalue weighted by atomic mass is 16.5. The Morgan fingerprint density at radius 2 is 2.04 bits per heavy atom. The maximum Gasteiger partial charge on any atom is 0.157 e. The van der Waals surface area contributed by atoms with Crippen molar-refractivity contribution in [3.05, 3.63) is 41.0 Å². The van der Waals surface area contributed by atoms with Crippen molar-refractivity contribution in [3.63, 3.8) is 0 Å².